The van der Waals surface area contributed by atoms with Crippen LogP contribution in [-0.4, -0.2) is 44.8 Å². The molecule has 1 aliphatic rings. The Morgan fingerprint density at radius 3 is 2.63 bits per heavy atom. The molecule has 0 spiro atoms. The predicted octanol–water partition coefficient (Wildman–Crippen LogP) is 1.91. The molecule has 154 valence electrons. The molecule has 1 amide bonds. The number of hydrogen-bond acceptors (Lipinski definition) is 4. The van der Waals surface area contributed by atoms with E-state index in [4.69, 9.17) is 5.73 Å². The highest BCUT2D eigenvalue weighted by Crippen LogP contribution is 2.34. The monoisotopic (exact) mass is 429 g/mol. The number of halogens is 4. The highest BCUT2D eigenvalue weighted by Gasteiger charge is 2.36. The molecule has 6 nitrogen and oxygen atoms in total. The number of carbonyl (C=O) groups excluding carboxylic acids is 1. The quantitative estimate of drug-likeness (QED) is 0.747. The molecule has 1 fully saturated rings. The van der Waals surface area contributed by atoms with E-state index in [9.17, 15) is 26.4 Å². The van der Waals surface area contributed by atoms with Gasteiger partial charge in [0, 0.05) is 26.2 Å². The van der Waals surface area contributed by atoms with Crippen LogP contribution in [0.1, 0.15) is 24.0 Å². The second-order valence-corrected chi connectivity index (χ2v) is 8.19. The number of benzene rings is 1. The standard InChI is InChI=1S/C16H22F3N3O3S.ClH/c1-11-4-5-13(9-14(11)16(17,18)19)26(24,25)22-8-2-3-12(10-22)15(23)21-7-6-20;/h4-5,9,12H,2-3,6-8,10,20H2,1H3,(H,21,23);1H. The number of sulfonamides is 1. The fourth-order valence-corrected chi connectivity index (χ4v) is 4.48. The number of nitrogens with two attached hydrogens (primary N) is 1. The molecule has 0 radical (unpaired) electrons. The molecule has 11 heteroatoms. The van der Waals surface area contributed by atoms with Crippen LogP contribution in [0.2, 0.25) is 0 Å². The molecule has 1 unspecified atom stereocenters. The van der Waals surface area contributed by atoms with Crippen LogP contribution in [0, 0.1) is 12.8 Å². The van der Waals surface area contributed by atoms with Crippen molar-refractivity contribution in [2.75, 3.05) is 26.2 Å². The highest BCUT2D eigenvalue weighted by molar-refractivity contribution is 7.89. The molecule has 1 heterocycles. The van der Waals surface area contributed by atoms with Crippen LogP contribution in [0.4, 0.5) is 13.2 Å². The van der Waals surface area contributed by atoms with Gasteiger partial charge in [0.15, 0.2) is 0 Å². The number of alkyl halides is 3. The van der Waals surface area contributed by atoms with Crippen molar-refractivity contribution in [3.05, 3.63) is 29.3 Å². The SMILES string of the molecule is Cc1ccc(S(=O)(=O)N2CCCC(C(=O)NCCN)C2)cc1C(F)(F)F.Cl. The van der Waals surface area contributed by atoms with Crippen molar-refractivity contribution in [3.8, 4) is 0 Å². The smallest absolute Gasteiger partial charge is 0.355 e. The Morgan fingerprint density at radius 1 is 1.37 bits per heavy atom. The average Bonchev–Trinajstić information content (AvgIpc) is 2.59. The van der Waals surface area contributed by atoms with E-state index in [0.29, 0.717) is 18.9 Å². The molecule has 3 N–H and O–H groups in total. The van der Waals surface area contributed by atoms with Crippen LogP contribution < -0.4 is 11.1 Å². The molecule has 1 aromatic rings. The van der Waals surface area contributed by atoms with Crippen LogP contribution in [0.5, 0.6) is 0 Å². The summed E-state index contributed by atoms with van der Waals surface area (Å²) in [5.41, 5.74) is 4.30. The van der Waals surface area contributed by atoms with E-state index in [0.717, 1.165) is 16.4 Å². The van der Waals surface area contributed by atoms with E-state index in [1.54, 1.807) is 0 Å². The summed E-state index contributed by atoms with van der Waals surface area (Å²) in [6.45, 7) is 1.93. The second-order valence-electron chi connectivity index (χ2n) is 6.26. The molecule has 2 rings (SSSR count). The van der Waals surface area contributed by atoms with Crippen molar-refractivity contribution >= 4 is 28.3 Å². The van der Waals surface area contributed by atoms with E-state index < -0.39 is 32.6 Å². The van der Waals surface area contributed by atoms with E-state index >= 15 is 0 Å². The number of hydrogen-bond donors (Lipinski definition) is 2. The molecule has 0 bridgehead atoms. The second kappa shape index (κ2) is 9.22. The molecular formula is C16H23ClF3N3O3S. The largest absolute Gasteiger partial charge is 0.416 e. The Bertz CT molecular complexity index is 772. The number of amides is 1. The van der Waals surface area contributed by atoms with Crippen molar-refractivity contribution in [1.82, 2.24) is 9.62 Å². The van der Waals surface area contributed by atoms with E-state index in [1.807, 2.05) is 0 Å². The van der Waals surface area contributed by atoms with Gasteiger partial charge in [0.25, 0.3) is 0 Å². The molecule has 27 heavy (non-hydrogen) atoms. The van der Waals surface area contributed by atoms with E-state index in [2.05, 4.69) is 5.32 Å². The number of piperidine rings is 1. The van der Waals surface area contributed by atoms with Crippen molar-refractivity contribution in [2.24, 2.45) is 11.7 Å². The lowest BCUT2D eigenvalue weighted by molar-refractivity contribution is -0.138. The lowest BCUT2D eigenvalue weighted by Crippen LogP contribution is -2.46. The summed E-state index contributed by atoms with van der Waals surface area (Å²) in [4.78, 5) is 11.6. The molecule has 0 saturated carbocycles. The van der Waals surface area contributed by atoms with Gasteiger partial charge < -0.3 is 11.1 Å². The molecule has 0 aliphatic carbocycles. The minimum absolute atomic E-state index is 0. The van der Waals surface area contributed by atoms with Crippen LogP contribution >= 0.6 is 12.4 Å². The molecular weight excluding hydrogens is 407 g/mol. The maximum Gasteiger partial charge on any atom is 0.416 e. The zero-order chi connectivity index (χ0) is 19.5. The topological polar surface area (TPSA) is 92.5 Å². The van der Waals surface area contributed by atoms with Crippen molar-refractivity contribution < 1.29 is 26.4 Å². The van der Waals surface area contributed by atoms with Gasteiger partial charge in [-0.3, -0.25) is 4.79 Å². The van der Waals surface area contributed by atoms with Crippen LogP contribution in [0.15, 0.2) is 23.1 Å². The Balaban J connectivity index is 0.00000364. The maximum absolute atomic E-state index is 13.1. The molecule has 1 saturated heterocycles. The summed E-state index contributed by atoms with van der Waals surface area (Å²) < 4.78 is 65.8. The predicted molar refractivity (Wildman–Crippen MR) is 97.0 cm³/mol. The van der Waals surface area contributed by atoms with Gasteiger partial charge in [-0.05, 0) is 37.5 Å². The minimum atomic E-state index is -4.64. The zero-order valence-electron chi connectivity index (χ0n) is 14.8. The first-order valence-electron chi connectivity index (χ1n) is 8.23. The Morgan fingerprint density at radius 2 is 2.04 bits per heavy atom. The minimum Gasteiger partial charge on any atom is -0.355 e. The van der Waals surface area contributed by atoms with Gasteiger partial charge in [0.2, 0.25) is 15.9 Å². The molecule has 0 aromatic heterocycles. The summed E-state index contributed by atoms with van der Waals surface area (Å²) in [5, 5.41) is 2.62. The lowest BCUT2D eigenvalue weighted by atomic mass is 9.99. The third kappa shape index (κ3) is 5.56. The van der Waals surface area contributed by atoms with Crippen molar-refractivity contribution in [1.29, 1.82) is 0 Å². The number of nitrogens with one attached hydrogen (secondary N) is 1. The van der Waals surface area contributed by atoms with E-state index in [-0.39, 0.29) is 50.1 Å². The Kier molecular flexibility index (Phi) is 8.09. The summed E-state index contributed by atoms with van der Waals surface area (Å²) >= 11 is 0. The maximum atomic E-state index is 13.1. The van der Waals surface area contributed by atoms with Gasteiger partial charge in [-0.2, -0.15) is 17.5 Å². The van der Waals surface area contributed by atoms with Crippen LogP contribution in [-0.2, 0) is 21.0 Å². The van der Waals surface area contributed by atoms with E-state index in [1.165, 1.54) is 6.92 Å². The van der Waals surface area contributed by atoms with Gasteiger partial charge >= 0.3 is 6.18 Å². The first kappa shape index (κ1) is 23.7. The van der Waals surface area contributed by atoms with Crippen LogP contribution in [0.3, 0.4) is 0 Å². The normalized spacial score (nSPS) is 18.6. The summed E-state index contributed by atoms with van der Waals surface area (Å²) in [6, 6.07) is 2.96. The fourth-order valence-electron chi connectivity index (χ4n) is 2.93. The van der Waals surface area contributed by atoms with Gasteiger partial charge in [-0.1, -0.05) is 6.07 Å². The van der Waals surface area contributed by atoms with Gasteiger partial charge in [-0.15, -0.1) is 12.4 Å². The zero-order valence-corrected chi connectivity index (χ0v) is 16.4. The highest BCUT2D eigenvalue weighted by atomic mass is 35.5. The summed E-state index contributed by atoms with van der Waals surface area (Å²) in [6.07, 6.45) is -3.66. The Hall–Kier alpha value is -1.36. The number of aryl methyl sites for hydroxylation is 1. The third-order valence-corrected chi connectivity index (χ3v) is 6.21. The summed E-state index contributed by atoms with van der Waals surface area (Å²) in [7, 11) is -4.12. The lowest BCUT2D eigenvalue weighted by Gasteiger charge is -2.31. The fraction of sp³-hybridized carbons (Fsp3) is 0.562. The molecule has 1 aliphatic heterocycles. The number of carbonyl (C=O) groups is 1. The molecule has 1 atom stereocenters. The summed E-state index contributed by atoms with van der Waals surface area (Å²) in [5.74, 6) is -0.840. The third-order valence-electron chi connectivity index (χ3n) is 4.35. The van der Waals surface area contributed by atoms with Crippen molar-refractivity contribution in [2.45, 2.75) is 30.8 Å². The van der Waals surface area contributed by atoms with Gasteiger partial charge in [0.1, 0.15) is 0 Å². The van der Waals surface area contributed by atoms with Crippen molar-refractivity contribution in [3.63, 3.8) is 0 Å². The first-order chi connectivity index (χ1) is 12.1. The number of rotatable bonds is 5. The average molecular weight is 430 g/mol. The first-order valence-corrected chi connectivity index (χ1v) is 9.67. The van der Waals surface area contributed by atoms with Gasteiger partial charge in [0.05, 0.1) is 16.4 Å². The molecule has 1 aromatic carbocycles. The number of nitrogens with zero attached hydrogens (tertiary/aromatic N) is 1. The Labute approximate surface area is 162 Å². The van der Waals surface area contributed by atoms with Crippen LogP contribution in [0.25, 0.3) is 0 Å². The van der Waals surface area contributed by atoms with Gasteiger partial charge in [-0.25, -0.2) is 8.42 Å².